The summed E-state index contributed by atoms with van der Waals surface area (Å²) in [4.78, 5) is 11.9. The first-order valence-electron chi connectivity index (χ1n) is 13.5. The van der Waals surface area contributed by atoms with Crippen LogP contribution in [0.1, 0.15) is 32.6 Å². The van der Waals surface area contributed by atoms with Gasteiger partial charge in [0.15, 0.2) is 18.9 Å². The summed E-state index contributed by atoms with van der Waals surface area (Å²) >= 11 is 0. The molecule has 3 aliphatic rings. The summed E-state index contributed by atoms with van der Waals surface area (Å²) < 4.78 is 31.7. The highest BCUT2D eigenvalue weighted by Gasteiger charge is 2.51. The van der Waals surface area contributed by atoms with Gasteiger partial charge in [-0.05, 0) is 6.42 Å². The van der Waals surface area contributed by atoms with E-state index >= 15 is 0 Å². The molecule has 15 atom stereocenters. The molecule has 0 aromatic heterocycles. The third-order valence-corrected chi connectivity index (χ3v) is 7.29. The Kier molecular flexibility index (Phi) is 13.0. The fourth-order valence-corrected chi connectivity index (χ4v) is 4.69. The second-order valence-corrected chi connectivity index (χ2v) is 10.3. The molecule has 3 fully saturated rings. The van der Waals surface area contributed by atoms with E-state index in [1.165, 1.54) is 0 Å². The quantitative estimate of drug-likeness (QED) is 0.0737. The summed E-state index contributed by atoms with van der Waals surface area (Å²) in [6.45, 7) is 0.172. The molecular formula is C24H42O17. The van der Waals surface area contributed by atoms with Crippen LogP contribution in [0.2, 0.25) is 0 Å². The van der Waals surface area contributed by atoms with Crippen molar-refractivity contribution in [3.8, 4) is 0 Å². The molecule has 0 spiro atoms. The Labute approximate surface area is 235 Å². The number of unbranched alkanes of at least 4 members (excludes halogenated alkanes) is 2. The molecular weight excluding hydrogens is 560 g/mol. The minimum Gasteiger partial charge on any atom is -0.463 e. The van der Waals surface area contributed by atoms with E-state index in [1.807, 2.05) is 6.92 Å². The maximum absolute atomic E-state index is 11.9. The van der Waals surface area contributed by atoms with Gasteiger partial charge in [0.05, 0.1) is 13.2 Å². The highest BCUT2D eigenvalue weighted by Crippen LogP contribution is 2.30. The second kappa shape index (κ2) is 15.6. The molecule has 0 amide bonds. The van der Waals surface area contributed by atoms with Gasteiger partial charge in [-0.1, -0.05) is 19.8 Å². The molecule has 240 valence electrons. The van der Waals surface area contributed by atoms with Gasteiger partial charge in [0.25, 0.3) is 0 Å². The molecule has 0 aromatic carbocycles. The Bertz CT molecular complexity index is 802. The zero-order valence-corrected chi connectivity index (χ0v) is 22.4. The fraction of sp³-hybridized carbons (Fsp3) is 0.958. The van der Waals surface area contributed by atoms with Crippen LogP contribution in [0.15, 0.2) is 0 Å². The van der Waals surface area contributed by atoms with Gasteiger partial charge in [0.1, 0.15) is 79.9 Å². The Hall–Kier alpha value is -1.13. The zero-order valence-electron chi connectivity index (χ0n) is 22.4. The molecule has 41 heavy (non-hydrogen) atoms. The van der Waals surface area contributed by atoms with Gasteiger partial charge in [0, 0.05) is 6.42 Å². The van der Waals surface area contributed by atoms with E-state index in [2.05, 4.69) is 0 Å². The van der Waals surface area contributed by atoms with Crippen molar-refractivity contribution in [2.75, 3.05) is 19.8 Å². The zero-order chi connectivity index (χ0) is 30.4. The van der Waals surface area contributed by atoms with Gasteiger partial charge >= 0.3 is 5.97 Å². The molecule has 17 nitrogen and oxygen atoms in total. The van der Waals surface area contributed by atoms with Crippen LogP contribution in [-0.4, -0.2) is 169 Å². The van der Waals surface area contributed by atoms with Crippen molar-refractivity contribution in [1.29, 1.82) is 0 Å². The molecule has 3 heterocycles. The van der Waals surface area contributed by atoms with Crippen molar-refractivity contribution in [3.05, 3.63) is 0 Å². The molecule has 3 saturated heterocycles. The molecule has 0 unspecified atom stereocenters. The monoisotopic (exact) mass is 602 g/mol. The molecule has 0 aliphatic carbocycles. The molecule has 0 aromatic rings. The number of aliphatic hydroxyl groups is 10. The summed E-state index contributed by atoms with van der Waals surface area (Å²) in [5, 5.41) is 102. The first kappa shape index (κ1) is 34.4. The SMILES string of the molecule is CCCCCC(=O)OC[C@H]1O[C@@H](O[C@@H]2[C@@H](O)[C@H](O)[C@@H](CO[C@@H]3O[C@H](CO)[C@@H](O)[C@H](O)[C@H]3O)O[C@H]2O)[C@H](O)[C@@H](O)[C@@H]1O. The van der Waals surface area contributed by atoms with Gasteiger partial charge in [-0.3, -0.25) is 4.79 Å². The maximum atomic E-state index is 11.9. The van der Waals surface area contributed by atoms with Gasteiger partial charge < -0.3 is 79.5 Å². The van der Waals surface area contributed by atoms with Crippen LogP contribution < -0.4 is 0 Å². The van der Waals surface area contributed by atoms with E-state index in [-0.39, 0.29) is 6.42 Å². The van der Waals surface area contributed by atoms with Crippen LogP contribution in [0.4, 0.5) is 0 Å². The summed E-state index contributed by atoms with van der Waals surface area (Å²) in [7, 11) is 0. The van der Waals surface area contributed by atoms with Crippen molar-refractivity contribution in [1.82, 2.24) is 0 Å². The molecule has 3 aliphatic heterocycles. The lowest BCUT2D eigenvalue weighted by molar-refractivity contribution is -0.366. The molecule has 17 heteroatoms. The topological polar surface area (TPSA) is 275 Å². The Morgan fingerprint density at radius 1 is 0.659 bits per heavy atom. The highest BCUT2D eigenvalue weighted by atomic mass is 16.7. The maximum Gasteiger partial charge on any atom is 0.305 e. The number of esters is 1. The molecule has 0 saturated carbocycles. The van der Waals surface area contributed by atoms with Crippen LogP contribution in [0.25, 0.3) is 0 Å². The number of carbonyl (C=O) groups excluding carboxylic acids is 1. The van der Waals surface area contributed by atoms with Crippen molar-refractivity contribution in [3.63, 3.8) is 0 Å². The average Bonchev–Trinajstić information content (AvgIpc) is 2.95. The predicted molar refractivity (Wildman–Crippen MR) is 129 cm³/mol. The van der Waals surface area contributed by atoms with Crippen LogP contribution >= 0.6 is 0 Å². The average molecular weight is 603 g/mol. The third-order valence-electron chi connectivity index (χ3n) is 7.29. The van der Waals surface area contributed by atoms with Crippen LogP contribution in [0.3, 0.4) is 0 Å². The smallest absolute Gasteiger partial charge is 0.305 e. The number of hydrogen-bond acceptors (Lipinski definition) is 17. The van der Waals surface area contributed by atoms with E-state index < -0.39 is 118 Å². The van der Waals surface area contributed by atoms with Gasteiger partial charge in [-0.25, -0.2) is 0 Å². The number of rotatable bonds is 12. The molecule has 0 radical (unpaired) electrons. The van der Waals surface area contributed by atoms with Gasteiger partial charge in [-0.2, -0.15) is 0 Å². The van der Waals surface area contributed by atoms with Gasteiger partial charge in [0.2, 0.25) is 0 Å². The largest absolute Gasteiger partial charge is 0.463 e. The van der Waals surface area contributed by atoms with E-state index in [0.717, 1.165) is 12.8 Å². The minimum absolute atomic E-state index is 0.138. The standard InChI is InChI=1S/C24H42O17/c1-2-3-4-5-12(26)36-7-11-14(28)17(31)20(34)24(40-11)41-21-18(32)15(29)10(38-22(21)35)8-37-23-19(33)16(30)13(27)9(6-25)39-23/h9-11,13-25,27-35H,2-8H2,1H3/t9-,10-,11-,13-,14-,15-,16+,17+,18+,19-,20-,21-,22-,23-,24+/m1/s1. The van der Waals surface area contributed by atoms with Crippen LogP contribution in [0.5, 0.6) is 0 Å². The molecule has 0 bridgehead atoms. The summed E-state index contributed by atoms with van der Waals surface area (Å²) in [6.07, 6.45) is -22.7. The first-order valence-corrected chi connectivity index (χ1v) is 13.5. The minimum atomic E-state index is -1.95. The summed E-state index contributed by atoms with van der Waals surface area (Å²) in [5.74, 6) is -0.557. The Balaban J connectivity index is 1.56. The first-order chi connectivity index (χ1) is 19.4. The number of ether oxygens (including phenoxy) is 6. The lowest BCUT2D eigenvalue weighted by Crippen LogP contribution is -2.64. The summed E-state index contributed by atoms with van der Waals surface area (Å²) in [5.41, 5.74) is 0. The third kappa shape index (κ3) is 8.28. The number of hydrogen-bond donors (Lipinski definition) is 10. The fourth-order valence-electron chi connectivity index (χ4n) is 4.69. The number of carbonyl (C=O) groups is 1. The summed E-state index contributed by atoms with van der Waals surface area (Å²) in [6, 6.07) is 0. The van der Waals surface area contributed by atoms with Crippen LogP contribution in [0, 0.1) is 0 Å². The normalized spacial score (nSPS) is 45.4. The van der Waals surface area contributed by atoms with Crippen molar-refractivity contribution in [2.45, 2.75) is 125 Å². The van der Waals surface area contributed by atoms with Crippen LogP contribution in [-0.2, 0) is 33.2 Å². The lowest BCUT2D eigenvalue weighted by atomic mass is 9.97. The second-order valence-electron chi connectivity index (χ2n) is 10.3. The van der Waals surface area contributed by atoms with Crippen molar-refractivity contribution >= 4 is 5.97 Å². The van der Waals surface area contributed by atoms with Gasteiger partial charge in [-0.15, -0.1) is 0 Å². The highest BCUT2D eigenvalue weighted by molar-refractivity contribution is 5.69. The van der Waals surface area contributed by atoms with Crippen molar-refractivity contribution < 1.29 is 84.3 Å². The van der Waals surface area contributed by atoms with E-state index in [0.29, 0.717) is 6.42 Å². The van der Waals surface area contributed by atoms with E-state index in [9.17, 15) is 55.9 Å². The van der Waals surface area contributed by atoms with E-state index in [4.69, 9.17) is 28.4 Å². The molecule has 10 N–H and O–H groups in total. The Morgan fingerprint density at radius 3 is 1.85 bits per heavy atom. The predicted octanol–water partition coefficient (Wildman–Crippen LogP) is -5.44. The molecule has 3 rings (SSSR count). The van der Waals surface area contributed by atoms with E-state index in [1.54, 1.807) is 0 Å². The number of aliphatic hydroxyl groups excluding tert-OH is 10. The lowest BCUT2D eigenvalue weighted by Gasteiger charge is -2.45. The Morgan fingerprint density at radius 2 is 1.22 bits per heavy atom. The van der Waals surface area contributed by atoms with Crippen molar-refractivity contribution in [2.24, 2.45) is 0 Å².